The van der Waals surface area contributed by atoms with Gasteiger partial charge in [-0.2, -0.15) is 4.68 Å². The number of aromatic nitrogens is 4. The molecule has 0 unspecified atom stereocenters. The molecule has 2 N–H and O–H groups in total. The van der Waals surface area contributed by atoms with Crippen molar-refractivity contribution in [1.29, 1.82) is 0 Å². The van der Waals surface area contributed by atoms with Gasteiger partial charge in [0.15, 0.2) is 0 Å². The summed E-state index contributed by atoms with van der Waals surface area (Å²) >= 11 is 6.13. The molecule has 0 aliphatic carbocycles. The highest BCUT2D eigenvalue weighted by Crippen LogP contribution is 2.30. The van der Waals surface area contributed by atoms with Gasteiger partial charge in [0.25, 0.3) is 5.56 Å². The van der Waals surface area contributed by atoms with E-state index in [1.807, 2.05) is 20.8 Å². The Morgan fingerprint density at radius 3 is 2.53 bits per heavy atom. The molecule has 8 nitrogen and oxygen atoms in total. The molecule has 0 atom stereocenters. The van der Waals surface area contributed by atoms with E-state index in [4.69, 9.17) is 16.3 Å². The zero-order valence-corrected chi connectivity index (χ0v) is 22.4. The van der Waals surface area contributed by atoms with Crippen molar-refractivity contribution in [3.05, 3.63) is 80.5 Å². The van der Waals surface area contributed by atoms with Gasteiger partial charge in [-0.05, 0) is 82.3 Å². The van der Waals surface area contributed by atoms with Gasteiger partial charge in [-0.1, -0.05) is 23.7 Å². The second-order valence-corrected chi connectivity index (χ2v) is 11.2. The summed E-state index contributed by atoms with van der Waals surface area (Å²) in [6, 6.07) is 11.7. The van der Waals surface area contributed by atoms with Crippen LogP contribution in [0.25, 0.3) is 17.0 Å². The molecule has 10 heteroatoms. The van der Waals surface area contributed by atoms with Crippen LogP contribution in [0.5, 0.6) is 0 Å². The summed E-state index contributed by atoms with van der Waals surface area (Å²) in [5, 5.41) is 3.90. The molecule has 4 aromatic rings. The predicted octanol–water partition coefficient (Wildman–Crippen LogP) is 5.73. The Labute approximate surface area is 224 Å². The van der Waals surface area contributed by atoms with Gasteiger partial charge in [0.2, 0.25) is 5.95 Å². The van der Waals surface area contributed by atoms with E-state index in [1.54, 1.807) is 35.2 Å². The highest BCUT2D eigenvalue weighted by Gasteiger charge is 2.31. The summed E-state index contributed by atoms with van der Waals surface area (Å²) < 4.78 is 20.4. The van der Waals surface area contributed by atoms with Gasteiger partial charge in [-0.3, -0.25) is 9.89 Å². The van der Waals surface area contributed by atoms with Crippen molar-refractivity contribution in [2.45, 2.75) is 58.0 Å². The standard InChI is InChI=1S/C28H31ClFN5O3/c1-28(2,3)38-27(37)34-14-12-18(13-15-34)24-21(10-6-17-4-8-20(30)9-5-17)25(36)35(33-24)26-31-22-11-7-19(29)16-23(22)32-26/h4-5,7-9,11,16,18,33H,6,10,12-15H2,1-3H3,(H,31,32). The summed E-state index contributed by atoms with van der Waals surface area (Å²) in [6.45, 7) is 6.63. The van der Waals surface area contributed by atoms with Crippen molar-refractivity contribution >= 4 is 28.7 Å². The average molecular weight is 540 g/mol. The summed E-state index contributed by atoms with van der Waals surface area (Å²) in [5.41, 5.74) is 3.16. The average Bonchev–Trinajstić information content (AvgIpc) is 3.43. The van der Waals surface area contributed by atoms with Crippen LogP contribution >= 0.6 is 11.6 Å². The van der Waals surface area contributed by atoms with Gasteiger partial charge in [-0.15, -0.1) is 0 Å². The lowest BCUT2D eigenvalue weighted by Crippen LogP contribution is -2.41. The third-order valence-electron chi connectivity index (χ3n) is 6.79. The number of halogens is 2. The van der Waals surface area contributed by atoms with Crippen LogP contribution in [0, 0.1) is 5.82 Å². The van der Waals surface area contributed by atoms with Crippen LogP contribution in [0.3, 0.4) is 0 Å². The highest BCUT2D eigenvalue weighted by atomic mass is 35.5. The molecule has 0 radical (unpaired) electrons. The van der Waals surface area contributed by atoms with E-state index < -0.39 is 5.60 Å². The first-order chi connectivity index (χ1) is 18.1. The fourth-order valence-electron chi connectivity index (χ4n) is 4.89. The van der Waals surface area contributed by atoms with Gasteiger partial charge in [-0.25, -0.2) is 14.2 Å². The number of H-pyrrole nitrogens is 2. The minimum absolute atomic E-state index is 0.0599. The van der Waals surface area contributed by atoms with Gasteiger partial charge >= 0.3 is 6.09 Å². The van der Waals surface area contributed by atoms with Crippen LogP contribution in [-0.2, 0) is 17.6 Å². The van der Waals surface area contributed by atoms with Gasteiger partial charge < -0.3 is 14.6 Å². The van der Waals surface area contributed by atoms with E-state index in [1.165, 1.54) is 16.8 Å². The summed E-state index contributed by atoms with van der Waals surface area (Å²) in [6.07, 6.45) is 2.14. The molecule has 0 saturated carbocycles. The van der Waals surface area contributed by atoms with E-state index in [9.17, 15) is 14.0 Å². The molecule has 1 saturated heterocycles. The number of hydrogen-bond donors (Lipinski definition) is 2. The zero-order chi connectivity index (χ0) is 27.0. The topological polar surface area (TPSA) is 96.0 Å². The Kier molecular flexibility index (Phi) is 7.05. The molecule has 1 fully saturated rings. The van der Waals surface area contributed by atoms with Crippen LogP contribution in [0.15, 0.2) is 47.3 Å². The van der Waals surface area contributed by atoms with Gasteiger partial charge in [0, 0.05) is 35.3 Å². The number of amides is 1. The molecule has 0 bridgehead atoms. The van der Waals surface area contributed by atoms with Crippen molar-refractivity contribution in [3.8, 4) is 5.95 Å². The minimum Gasteiger partial charge on any atom is -0.444 e. The van der Waals surface area contributed by atoms with Crippen molar-refractivity contribution < 1.29 is 13.9 Å². The number of nitrogens with zero attached hydrogens (tertiary/aromatic N) is 3. The smallest absolute Gasteiger partial charge is 0.410 e. The number of likely N-dealkylation sites (tertiary alicyclic amines) is 1. The Morgan fingerprint density at radius 1 is 1.13 bits per heavy atom. The molecule has 2 aromatic carbocycles. The first-order valence-electron chi connectivity index (χ1n) is 12.8. The Hall–Kier alpha value is -3.59. The van der Waals surface area contributed by atoms with E-state index in [0.29, 0.717) is 60.8 Å². The summed E-state index contributed by atoms with van der Waals surface area (Å²) in [5.74, 6) is 0.151. The maximum atomic E-state index is 13.7. The van der Waals surface area contributed by atoms with Crippen molar-refractivity contribution in [1.82, 2.24) is 24.6 Å². The van der Waals surface area contributed by atoms with Gasteiger partial charge in [0.05, 0.1) is 11.0 Å². The molecule has 5 rings (SSSR count). The number of carbonyl (C=O) groups excluding carboxylic acids is 1. The van der Waals surface area contributed by atoms with Crippen LogP contribution < -0.4 is 5.56 Å². The molecule has 1 aliphatic heterocycles. The maximum absolute atomic E-state index is 13.7. The number of fused-ring (bicyclic) bond motifs is 1. The second-order valence-electron chi connectivity index (χ2n) is 10.7. The third-order valence-corrected chi connectivity index (χ3v) is 7.03. The monoisotopic (exact) mass is 539 g/mol. The van der Waals surface area contributed by atoms with Crippen molar-refractivity contribution in [2.75, 3.05) is 13.1 Å². The van der Waals surface area contributed by atoms with Gasteiger partial charge in [0.1, 0.15) is 11.4 Å². The molecular formula is C28H31ClFN5O3. The van der Waals surface area contributed by atoms with E-state index in [2.05, 4.69) is 15.1 Å². The van der Waals surface area contributed by atoms with E-state index in [-0.39, 0.29) is 23.4 Å². The summed E-state index contributed by atoms with van der Waals surface area (Å²) in [7, 11) is 0. The Balaban J connectivity index is 1.44. The third kappa shape index (κ3) is 5.62. The van der Waals surface area contributed by atoms with Crippen LogP contribution in [-0.4, -0.2) is 49.4 Å². The molecular weight excluding hydrogens is 509 g/mol. The van der Waals surface area contributed by atoms with Crippen LogP contribution in [0.1, 0.15) is 56.4 Å². The zero-order valence-electron chi connectivity index (χ0n) is 21.7. The van der Waals surface area contributed by atoms with Crippen LogP contribution in [0.4, 0.5) is 9.18 Å². The van der Waals surface area contributed by atoms with E-state index >= 15 is 0 Å². The first-order valence-corrected chi connectivity index (χ1v) is 13.2. The van der Waals surface area contributed by atoms with Crippen LogP contribution in [0.2, 0.25) is 5.02 Å². The molecule has 3 heterocycles. The maximum Gasteiger partial charge on any atom is 0.410 e. The number of aromatic amines is 2. The number of piperidine rings is 1. The number of aryl methyl sites for hydroxylation is 1. The number of carbonyl (C=O) groups is 1. The molecule has 1 aliphatic rings. The number of rotatable bonds is 5. The Bertz CT molecular complexity index is 1510. The summed E-state index contributed by atoms with van der Waals surface area (Å²) in [4.78, 5) is 35.7. The lowest BCUT2D eigenvalue weighted by molar-refractivity contribution is 0.0204. The lowest BCUT2D eigenvalue weighted by Gasteiger charge is -2.33. The minimum atomic E-state index is -0.555. The van der Waals surface area contributed by atoms with Crippen molar-refractivity contribution in [2.24, 2.45) is 0 Å². The SMILES string of the molecule is CC(C)(C)OC(=O)N1CCC(c2[nH]n(-c3nc4ccc(Cl)cc4[nH]3)c(=O)c2CCc2ccc(F)cc2)CC1. The number of ether oxygens (including phenoxy) is 1. The predicted molar refractivity (Wildman–Crippen MR) is 145 cm³/mol. The normalized spacial score (nSPS) is 14.8. The fraction of sp³-hybridized carbons (Fsp3) is 0.393. The molecule has 38 heavy (non-hydrogen) atoms. The number of imidazole rings is 1. The fourth-order valence-corrected chi connectivity index (χ4v) is 5.06. The van der Waals surface area contributed by atoms with E-state index in [0.717, 1.165) is 16.8 Å². The number of hydrogen-bond acceptors (Lipinski definition) is 4. The number of benzene rings is 2. The second kappa shape index (κ2) is 10.3. The molecule has 0 spiro atoms. The first kappa shape index (κ1) is 26.0. The lowest BCUT2D eigenvalue weighted by atomic mass is 9.90. The highest BCUT2D eigenvalue weighted by molar-refractivity contribution is 6.31. The quantitative estimate of drug-likeness (QED) is 0.338. The number of nitrogens with one attached hydrogen (secondary N) is 2. The molecule has 2 aromatic heterocycles. The molecule has 200 valence electrons. The largest absolute Gasteiger partial charge is 0.444 e. The molecule has 1 amide bonds. The Morgan fingerprint density at radius 2 is 1.84 bits per heavy atom. The van der Waals surface area contributed by atoms with Crippen molar-refractivity contribution in [3.63, 3.8) is 0 Å².